The van der Waals surface area contributed by atoms with Gasteiger partial charge < -0.3 is 10.1 Å². The molecule has 4 heteroatoms. The zero-order valence-corrected chi connectivity index (χ0v) is 9.03. The molecule has 1 aromatic rings. The molecule has 1 rings (SSSR count). The highest BCUT2D eigenvalue weighted by atomic mass is 16.5. The molecule has 0 aliphatic carbocycles. The van der Waals surface area contributed by atoms with Crippen molar-refractivity contribution in [2.24, 2.45) is 0 Å². The first-order valence-electron chi connectivity index (χ1n) is 4.96. The van der Waals surface area contributed by atoms with Crippen LogP contribution in [0.25, 0.3) is 0 Å². The van der Waals surface area contributed by atoms with Crippen LogP contribution in [0.5, 0.6) is 0 Å². The van der Waals surface area contributed by atoms with Gasteiger partial charge in [0.05, 0.1) is 24.1 Å². The van der Waals surface area contributed by atoms with E-state index in [9.17, 15) is 0 Å². The molecule has 1 unspecified atom stereocenters. The molecular formula is C11H15N3O. The van der Waals surface area contributed by atoms with Crippen LogP contribution >= 0.6 is 0 Å². The average molecular weight is 205 g/mol. The SMILES string of the molecule is CCOCC(C)Nc1cnccc1C#N. The first kappa shape index (κ1) is 11.5. The standard InChI is InChI=1S/C11H15N3O/c1-3-15-8-9(2)14-11-7-13-5-4-10(11)6-12/h4-5,7,9,14H,3,8H2,1-2H3. The van der Waals surface area contributed by atoms with Crippen molar-refractivity contribution in [2.45, 2.75) is 19.9 Å². The minimum atomic E-state index is 0.168. The van der Waals surface area contributed by atoms with Crippen LogP contribution in [0, 0.1) is 11.3 Å². The van der Waals surface area contributed by atoms with E-state index in [-0.39, 0.29) is 6.04 Å². The Morgan fingerprint density at radius 3 is 3.13 bits per heavy atom. The third-order valence-corrected chi connectivity index (χ3v) is 1.92. The van der Waals surface area contributed by atoms with Gasteiger partial charge in [0.1, 0.15) is 6.07 Å². The summed E-state index contributed by atoms with van der Waals surface area (Å²) in [6.07, 6.45) is 3.26. The predicted octanol–water partition coefficient (Wildman–Crippen LogP) is 1.79. The minimum Gasteiger partial charge on any atom is -0.380 e. The van der Waals surface area contributed by atoms with Crippen LogP contribution in [0.1, 0.15) is 19.4 Å². The van der Waals surface area contributed by atoms with Gasteiger partial charge in [0.25, 0.3) is 0 Å². The number of pyridine rings is 1. The number of hydrogen-bond acceptors (Lipinski definition) is 4. The Balaban J connectivity index is 2.60. The summed E-state index contributed by atoms with van der Waals surface area (Å²) in [5.41, 5.74) is 1.36. The molecule has 0 bridgehead atoms. The summed E-state index contributed by atoms with van der Waals surface area (Å²) < 4.78 is 5.28. The topological polar surface area (TPSA) is 57.9 Å². The summed E-state index contributed by atoms with van der Waals surface area (Å²) in [6, 6.07) is 3.97. The van der Waals surface area contributed by atoms with Gasteiger partial charge in [0.2, 0.25) is 0 Å². The van der Waals surface area contributed by atoms with Crippen molar-refractivity contribution in [2.75, 3.05) is 18.5 Å². The van der Waals surface area contributed by atoms with Gasteiger partial charge in [-0.25, -0.2) is 0 Å². The monoisotopic (exact) mass is 205 g/mol. The summed E-state index contributed by atoms with van der Waals surface area (Å²) in [4.78, 5) is 3.97. The summed E-state index contributed by atoms with van der Waals surface area (Å²) in [7, 11) is 0. The van der Waals surface area contributed by atoms with Gasteiger partial charge in [-0.2, -0.15) is 5.26 Å². The highest BCUT2D eigenvalue weighted by molar-refractivity contribution is 5.55. The first-order valence-corrected chi connectivity index (χ1v) is 4.96. The van der Waals surface area contributed by atoms with Gasteiger partial charge in [-0.15, -0.1) is 0 Å². The van der Waals surface area contributed by atoms with E-state index in [1.807, 2.05) is 13.8 Å². The van der Waals surface area contributed by atoms with Crippen LogP contribution < -0.4 is 5.32 Å². The Morgan fingerprint density at radius 1 is 1.67 bits per heavy atom. The normalized spacial score (nSPS) is 11.8. The van der Waals surface area contributed by atoms with E-state index in [0.717, 1.165) is 5.69 Å². The van der Waals surface area contributed by atoms with E-state index in [2.05, 4.69) is 16.4 Å². The molecule has 0 amide bonds. The van der Waals surface area contributed by atoms with E-state index in [1.165, 1.54) is 0 Å². The molecule has 0 saturated carbocycles. The van der Waals surface area contributed by atoms with Crippen molar-refractivity contribution < 1.29 is 4.74 Å². The highest BCUT2D eigenvalue weighted by Gasteiger charge is 2.05. The number of hydrogen-bond donors (Lipinski definition) is 1. The fourth-order valence-electron chi connectivity index (χ4n) is 1.21. The van der Waals surface area contributed by atoms with Gasteiger partial charge in [0, 0.05) is 18.8 Å². The molecule has 0 fully saturated rings. The molecule has 1 heterocycles. The molecule has 0 aliphatic heterocycles. The molecule has 0 aliphatic rings. The third-order valence-electron chi connectivity index (χ3n) is 1.92. The van der Waals surface area contributed by atoms with Crippen LogP contribution in [0.2, 0.25) is 0 Å². The molecular weight excluding hydrogens is 190 g/mol. The second-order valence-corrected chi connectivity index (χ2v) is 3.24. The van der Waals surface area contributed by atoms with Crippen molar-refractivity contribution in [1.82, 2.24) is 4.98 Å². The lowest BCUT2D eigenvalue weighted by molar-refractivity contribution is 0.141. The third kappa shape index (κ3) is 3.56. The number of nitrogens with zero attached hydrogens (tertiary/aromatic N) is 2. The molecule has 0 spiro atoms. The van der Waals surface area contributed by atoms with Gasteiger partial charge in [-0.05, 0) is 19.9 Å². The zero-order chi connectivity index (χ0) is 11.1. The minimum absolute atomic E-state index is 0.168. The van der Waals surface area contributed by atoms with Gasteiger partial charge in [-0.3, -0.25) is 4.98 Å². The first-order chi connectivity index (χ1) is 7.27. The van der Waals surface area contributed by atoms with Crippen molar-refractivity contribution >= 4 is 5.69 Å². The average Bonchev–Trinajstić information content (AvgIpc) is 2.27. The fraction of sp³-hybridized carbons (Fsp3) is 0.455. The van der Waals surface area contributed by atoms with Crippen LogP contribution in [0.3, 0.4) is 0 Å². The smallest absolute Gasteiger partial charge is 0.101 e. The van der Waals surface area contributed by atoms with E-state index in [1.54, 1.807) is 18.5 Å². The number of ether oxygens (including phenoxy) is 1. The molecule has 1 atom stereocenters. The Morgan fingerprint density at radius 2 is 2.47 bits per heavy atom. The Hall–Kier alpha value is -1.60. The van der Waals surface area contributed by atoms with Crippen molar-refractivity contribution in [1.29, 1.82) is 5.26 Å². The van der Waals surface area contributed by atoms with Crippen molar-refractivity contribution in [3.63, 3.8) is 0 Å². The quantitative estimate of drug-likeness (QED) is 0.796. The maximum absolute atomic E-state index is 8.86. The second kappa shape index (κ2) is 5.99. The van der Waals surface area contributed by atoms with Crippen LogP contribution in [-0.4, -0.2) is 24.2 Å². The fourth-order valence-corrected chi connectivity index (χ4v) is 1.21. The summed E-state index contributed by atoms with van der Waals surface area (Å²) in [6.45, 7) is 5.28. The molecule has 1 N–H and O–H groups in total. The maximum Gasteiger partial charge on any atom is 0.101 e. The molecule has 80 valence electrons. The van der Waals surface area contributed by atoms with Crippen molar-refractivity contribution in [3.8, 4) is 6.07 Å². The summed E-state index contributed by atoms with van der Waals surface area (Å²) in [5, 5.41) is 12.0. The zero-order valence-electron chi connectivity index (χ0n) is 9.03. The van der Waals surface area contributed by atoms with E-state index >= 15 is 0 Å². The molecule has 4 nitrogen and oxygen atoms in total. The highest BCUT2D eigenvalue weighted by Crippen LogP contribution is 2.12. The summed E-state index contributed by atoms with van der Waals surface area (Å²) >= 11 is 0. The lowest BCUT2D eigenvalue weighted by Gasteiger charge is -2.15. The molecule has 0 aromatic carbocycles. The number of anilines is 1. The second-order valence-electron chi connectivity index (χ2n) is 3.24. The van der Waals surface area contributed by atoms with E-state index in [0.29, 0.717) is 18.8 Å². The molecule has 1 aromatic heterocycles. The van der Waals surface area contributed by atoms with E-state index < -0.39 is 0 Å². The Kier molecular flexibility index (Phi) is 4.58. The number of aromatic nitrogens is 1. The molecule has 0 radical (unpaired) electrons. The lowest BCUT2D eigenvalue weighted by atomic mass is 10.2. The maximum atomic E-state index is 8.86. The Bertz CT molecular complexity index is 346. The van der Waals surface area contributed by atoms with Gasteiger partial charge >= 0.3 is 0 Å². The van der Waals surface area contributed by atoms with Crippen LogP contribution in [0.15, 0.2) is 18.5 Å². The number of nitrogens with one attached hydrogen (secondary N) is 1. The van der Waals surface area contributed by atoms with Gasteiger partial charge in [-0.1, -0.05) is 0 Å². The van der Waals surface area contributed by atoms with Crippen LogP contribution in [0.4, 0.5) is 5.69 Å². The molecule has 0 saturated heterocycles. The van der Waals surface area contributed by atoms with E-state index in [4.69, 9.17) is 10.00 Å². The molecule has 15 heavy (non-hydrogen) atoms. The van der Waals surface area contributed by atoms with Crippen molar-refractivity contribution in [3.05, 3.63) is 24.0 Å². The van der Waals surface area contributed by atoms with Gasteiger partial charge in [0.15, 0.2) is 0 Å². The summed E-state index contributed by atoms with van der Waals surface area (Å²) in [5.74, 6) is 0. The Labute approximate surface area is 89.9 Å². The van der Waals surface area contributed by atoms with Crippen LogP contribution in [-0.2, 0) is 4.74 Å². The largest absolute Gasteiger partial charge is 0.380 e. The number of nitriles is 1. The predicted molar refractivity (Wildman–Crippen MR) is 58.5 cm³/mol. The number of rotatable bonds is 5. The lowest BCUT2D eigenvalue weighted by Crippen LogP contribution is -2.22.